The van der Waals surface area contributed by atoms with E-state index in [9.17, 15) is 5.11 Å². The molecule has 0 spiro atoms. The summed E-state index contributed by atoms with van der Waals surface area (Å²) in [5.74, 6) is 0.334. The molecule has 0 amide bonds. The number of rotatable bonds is 9. The lowest BCUT2D eigenvalue weighted by Gasteiger charge is -2.42. The third kappa shape index (κ3) is 5.36. The van der Waals surface area contributed by atoms with Gasteiger partial charge in [0.15, 0.2) is 5.69 Å². The van der Waals surface area contributed by atoms with Crippen LogP contribution in [0.5, 0.6) is 0 Å². The molecule has 2 aromatic carbocycles. The number of methoxy groups -OCH3 is 1. The molecule has 7 nitrogen and oxygen atoms in total. The van der Waals surface area contributed by atoms with Crippen molar-refractivity contribution in [3.05, 3.63) is 76.7 Å². The molecule has 2 heterocycles. The van der Waals surface area contributed by atoms with E-state index in [2.05, 4.69) is 21.3 Å². The fourth-order valence-electron chi connectivity index (χ4n) is 5.19. The lowest BCUT2D eigenvalue weighted by Crippen LogP contribution is -2.39. The summed E-state index contributed by atoms with van der Waals surface area (Å²) in [7, 11) is 1.66. The number of aromatic nitrogens is 4. The van der Waals surface area contributed by atoms with Gasteiger partial charge < -0.3 is 14.4 Å². The first kappa shape index (κ1) is 25.3. The summed E-state index contributed by atoms with van der Waals surface area (Å²) in [6.07, 6.45) is 3.51. The fourth-order valence-corrected chi connectivity index (χ4v) is 5.19. The van der Waals surface area contributed by atoms with Crippen LogP contribution in [0.3, 0.4) is 0 Å². The summed E-state index contributed by atoms with van der Waals surface area (Å²) in [4.78, 5) is 4.50. The maximum Gasteiger partial charge on any atom is 0.278 e. The maximum atomic E-state index is 15.1. The lowest BCUT2D eigenvalue weighted by molar-refractivity contribution is 0.0767. The highest BCUT2D eigenvalue weighted by molar-refractivity contribution is 5.59. The molecule has 1 N–H and O–H groups in total. The second-order valence-corrected chi connectivity index (χ2v) is 10.8. The molecule has 0 radical (unpaired) electrons. The van der Waals surface area contributed by atoms with Crippen molar-refractivity contribution in [1.29, 1.82) is 0 Å². The summed E-state index contributed by atoms with van der Waals surface area (Å²) in [6, 6.07) is 15.2. The predicted octanol–water partition coefficient (Wildman–Crippen LogP) is 5.48. The van der Waals surface area contributed by atoms with Crippen molar-refractivity contribution in [2.45, 2.75) is 64.0 Å². The predicted molar refractivity (Wildman–Crippen MR) is 139 cm³/mol. The minimum Gasteiger partial charge on any atom is -0.390 e. The van der Waals surface area contributed by atoms with E-state index in [0.29, 0.717) is 42.2 Å². The van der Waals surface area contributed by atoms with Crippen molar-refractivity contribution in [3.8, 4) is 23.0 Å². The zero-order valence-electron chi connectivity index (χ0n) is 21.8. The molecular formula is C29H33FN4O3. The first-order valence-corrected chi connectivity index (χ1v) is 12.6. The van der Waals surface area contributed by atoms with Gasteiger partial charge in [-0.2, -0.15) is 10.1 Å². The van der Waals surface area contributed by atoms with Crippen molar-refractivity contribution in [2.24, 2.45) is 0 Å². The topological polar surface area (TPSA) is 86.2 Å². The number of hydrogen-bond acceptors (Lipinski definition) is 6. The normalized spacial score (nSPS) is 15.1. The quantitative estimate of drug-likeness (QED) is 0.325. The number of benzene rings is 2. The first-order chi connectivity index (χ1) is 17.7. The molecule has 0 aliphatic heterocycles. The minimum atomic E-state index is -0.769. The van der Waals surface area contributed by atoms with Gasteiger partial charge in [-0.05, 0) is 62.4 Å². The third-order valence-corrected chi connectivity index (χ3v) is 7.12. The first-order valence-electron chi connectivity index (χ1n) is 12.6. The number of hydrogen-bond donors (Lipinski definition) is 1. The van der Waals surface area contributed by atoms with E-state index in [-0.39, 0.29) is 17.1 Å². The van der Waals surface area contributed by atoms with Gasteiger partial charge in [0.05, 0.1) is 18.8 Å². The second kappa shape index (κ2) is 9.84. The van der Waals surface area contributed by atoms with Gasteiger partial charge in [-0.15, -0.1) is 0 Å². The Morgan fingerprint density at radius 1 is 1.14 bits per heavy atom. The van der Waals surface area contributed by atoms with Crippen LogP contribution in [-0.4, -0.2) is 44.3 Å². The molecule has 0 atom stereocenters. The lowest BCUT2D eigenvalue weighted by atomic mass is 9.65. The van der Waals surface area contributed by atoms with Crippen LogP contribution in [0.25, 0.3) is 23.0 Å². The third-order valence-electron chi connectivity index (χ3n) is 7.12. The van der Waals surface area contributed by atoms with Gasteiger partial charge in [0.1, 0.15) is 5.82 Å². The van der Waals surface area contributed by atoms with Gasteiger partial charge in [0.2, 0.25) is 5.82 Å². The van der Waals surface area contributed by atoms with Gasteiger partial charge in [-0.25, -0.2) is 4.39 Å². The minimum absolute atomic E-state index is 0.238. The summed E-state index contributed by atoms with van der Waals surface area (Å²) in [6.45, 7) is 6.66. The molecule has 194 valence electrons. The van der Waals surface area contributed by atoms with E-state index in [4.69, 9.17) is 9.26 Å². The Balaban J connectivity index is 1.34. The highest BCUT2D eigenvalue weighted by atomic mass is 19.1. The highest BCUT2D eigenvalue weighted by Crippen LogP contribution is 2.45. The molecule has 8 heteroatoms. The van der Waals surface area contributed by atoms with Crippen molar-refractivity contribution < 1.29 is 18.8 Å². The van der Waals surface area contributed by atoms with E-state index in [1.807, 2.05) is 48.0 Å². The molecule has 1 aliphatic rings. The molecule has 1 aliphatic carbocycles. The smallest absolute Gasteiger partial charge is 0.278 e. The molecule has 4 aromatic rings. The van der Waals surface area contributed by atoms with Crippen LogP contribution in [0.4, 0.5) is 4.39 Å². The largest absolute Gasteiger partial charge is 0.390 e. The van der Waals surface area contributed by atoms with Crippen LogP contribution in [0.15, 0.2) is 53.1 Å². The monoisotopic (exact) mass is 504 g/mol. The second-order valence-electron chi connectivity index (χ2n) is 10.8. The summed E-state index contributed by atoms with van der Waals surface area (Å²) >= 11 is 0. The van der Waals surface area contributed by atoms with Crippen LogP contribution in [0.1, 0.15) is 55.5 Å². The van der Waals surface area contributed by atoms with E-state index in [1.165, 1.54) is 6.07 Å². The van der Waals surface area contributed by atoms with Crippen LogP contribution >= 0.6 is 0 Å². The number of nitrogens with zero attached hydrogens (tertiary/aromatic N) is 4. The number of aliphatic hydroxyl groups is 1. The number of aryl methyl sites for hydroxylation is 1. The van der Waals surface area contributed by atoms with Crippen molar-refractivity contribution in [2.75, 3.05) is 13.7 Å². The SMILES string of the molecule is COCC1(c2ccc(-c3noc(-c4cc(C)n(Cc5cccc(CC(C)(C)O)c5)n4)n3)cc2F)CCC1. The Morgan fingerprint density at radius 3 is 2.59 bits per heavy atom. The summed E-state index contributed by atoms with van der Waals surface area (Å²) in [5.41, 5.74) is 3.90. The summed E-state index contributed by atoms with van der Waals surface area (Å²) < 4.78 is 27.9. The highest BCUT2D eigenvalue weighted by Gasteiger charge is 2.40. The van der Waals surface area contributed by atoms with E-state index in [0.717, 1.165) is 36.1 Å². The van der Waals surface area contributed by atoms with Gasteiger partial charge in [0.25, 0.3) is 5.89 Å². The molecule has 0 saturated heterocycles. The van der Waals surface area contributed by atoms with E-state index in [1.54, 1.807) is 21.0 Å². The molecule has 37 heavy (non-hydrogen) atoms. The van der Waals surface area contributed by atoms with Crippen LogP contribution in [0, 0.1) is 12.7 Å². The molecule has 1 saturated carbocycles. The summed E-state index contributed by atoms with van der Waals surface area (Å²) in [5, 5.41) is 18.9. The van der Waals surface area contributed by atoms with Crippen LogP contribution < -0.4 is 0 Å². The molecular weight excluding hydrogens is 471 g/mol. The van der Waals surface area contributed by atoms with Crippen molar-refractivity contribution in [1.82, 2.24) is 19.9 Å². The average molecular weight is 505 g/mol. The number of halogens is 1. The molecule has 1 fully saturated rings. The Labute approximate surface area is 216 Å². The van der Waals surface area contributed by atoms with Crippen molar-refractivity contribution >= 4 is 0 Å². The zero-order chi connectivity index (χ0) is 26.2. The van der Waals surface area contributed by atoms with Crippen molar-refractivity contribution in [3.63, 3.8) is 0 Å². The zero-order valence-corrected chi connectivity index (χ0v) is 21.8. The Bertz CT molecular complexity index is 1400. The molecule has 5 rings (SSSR count). The van der Waals surface area contributed by atoms with Gasteiger partial charge in [0, 0.05) is 30.2 Å². The Kier molecular flexibility index (Phi) is 6.72. The molecule has 2 aromatic heterocycles. The van der Waals surface area contributed by atoms with E-state index < -0.39 is 5.60 Å². The fraction of sp³-hybridized carbons (Fsp3) is 0.414. The maximum absolute atomic E-state index is 15.1. The van der Waals surface area contributed by atoms with Crippen LogP contribution in [0.2, 0.25) is 0 Å². The average Bonchev–Trinajstić information content (AvgIpc) is 3.43. The standard InChI is InChI=1S/C29H33FN4O3/c1-19-13-25(32-34(19)17-21-8-5-7-20(14-21)16-28(2,3)35)27-31-26(33-37-27)22-9-10-23(24(30)15-22)29(18-36-4)11-6-12-29/h5,7-10,13-15,35H,6,11-12,16-18H2,1-4H3. The molecule has 0 unspecified atom stereocenters. The number of ether oxygens (including phenoxy) is 1. The Hall–Kier alpha value is -3.36. The van der Waals surface area contributed by atoms with Gasteiger partial charge in [-0.1, -0.05) is 48.0 Å². The van der Waals surface area contributed by atoms with Crippen LogP contribution in [-0.2, 0) is 23.1 Å². The van der Waals surface area contributed by atoms with Gasteiger partial charge >= 0.3 is 0 Å². The van der Waals surface area contributed by atoms with Gasteiger partial charge in [-0.3, -0.25) is 4.68 Å². The van der Waals surface area contributed by atoms with E-state index >= 15 is 4.39 Å². The molecule has 0 bridgehead atoms. The Morgan fingerprint density at radius 2 is 1.92 bits per heavy atom.